The first-order valence-electron chi connectivity index (χ1n) is 6.70. The topological polar surface area (TPSA) is 15.3 Å². The van der Waals surface area contributed by atoms with E-state index >= 15 is 0 Å². The molecule has 0 saturated carbocycles. The first-order valence-corrected chi connectivity index (χ1v) is 7.58. The third kappa shape index (κ3) is 4.09. The van der Waals surface area contributed by atoms with Crippen molar-refractivity contribution in [2.75, 3.05) is 26.7 Å². The molecule has 1 unspecified atom stereocenters. The van der Waals surface area contributed by atoms with Crippen LogP contribution in [0.15, 0.2) is 11.4 Å². The highest BCUT2D eigenvalue weighted by atomic mass is 32.1. The summed E-state index contributed by atoms with van der Waals surface area (Å²) in [5.74, 6) is 0. The first kappa shape index (κ1) is 13.1. The Balaban J connectivity index is 1.63. The van der Waals surface area contributed by atoms with Crippen molar-refractivity contribution in [3.05, 3.63) is 21.9 Å². The number of hydrogen-bond acceptors (Lipinski definition) is 3. The normalized spacial score (nSPS) is 20.3. The van der Waals surface area contributed by atoms with Gasteiger partial charge >= 0.3 is 0 Å². The molecule has 0 amide bonds. The van der Waals surface area contributed by atoms with Crippen LogP contribution in [0.25, 0.3) is 0 Å². The fourth-order valence-electron chi connectivity index (χ4n) is 2.44. The molecule has 0 spiro atoms. The average molecular weight is 252 g/mol. The van der Waals surface area contributed by atoms with E-state index in [4.69, 9.17) is 0 Å². The van der Waals surface area contributed by atoms with Gasteiger partial charge in [0, 0.05) is 17.5 Å². The number of thiophene rings is 1. The highest BCUT2D eigenvalue weighted by Gasteiger charge is 2.14. The number of rotatable bonds is 6. The third-order valence-corrected chi connectivity index (χ3v) is 4.79. The lowest BCUT2D eigenvalue weighted by Gasteiger charge is -2.19. The summed E-state index contributed by atoms with van der Waals surface area (Å²) in [5.41, 5.74) is 1.46. The second kappa shape index (κ2) is 6.53. The van der Waals surface area contributed by atoms with Gasteiger partial charge in [-0.15, -0.1) is 11.3 Å². The first-order chi connectivity index (χ1) is 8.25. The quantitative estimate of drug-likeness (QED) is 0.837. The van der Waals surface area contributed by atoms with Gasteiger partial charge in [-0.2, -0.15) is 0 Å². The molecule has 2 nitrogen and oxygen atoms in total. The molecule has 0 aliphatic carbocycles. The molecular weight excluding hydrogens is 228 g/mol. The van der Waals surface area contributed by atoms with E-state index in [-0.39, 0.29) is 0 Å². The average Bonchev–Trinajstić information content (AvgIpc) is 2.95. The van der Waals surface area contributed by atoms with E-state index < -0.39 is 0 Å². The monoisotopic (exact) mass is 252 g/mol. The summed E-state index contributed by atoms with van der Waals surface area (Å²) < 4.78 is 0. The van der Waals surface area contributed by atoms with Crippen LogP contribution in [0.4, 0.5) is 0 Å². The van der Waals surface area contributed by atoms with Crippen molar-refractivity contribution in [3.63, 3.8) is 0 Å². The molecule has 1 aromatic heterocycles. The summed E-state index contributed by atoms with van der Waals surface area (Å²) in [5, 5.41) is 5.77. The molecule has 1 N–H and O–H groups in total. The molecule has 0 bridgehead atoms. The molecule has 2 rings (SSSR count). The third-order valence-electron chi connectivity index (χ3n) is 3.71. The Kier molecular flexibility index (Phi) is 5.01. The maximum absolute atomic E-state index is 3.57. The molecular formula is C14H24N2S. The van der Waals surface area contributed by atoms with Crippen molar-refractivity contribution < 1.29 is 0 Å². The molecule has 0 radical (unpaired) electrons. The van der Waals surface area contributed by atoms with Crippen molar-refractivity contribution in [2.45, 2.75) is 38.6 Å². The number of hydrogen-bond donors (Lipinski definition) is 1. The van der Waals surface area contributed by atoms with E-state index in [0.29, 0.717) is 0 Å². The minimum Gasteiger partial charge on any atom is -0.314 e. The minimum absolute atomic E-state index is 0.779. The standard InChI is InChI=1S/C14H24N2S/c1-12-7-11-17-14(12)6-10-16(2)9-5-13-4-3-8-15-13/h7,11,13,15H,3-6,8-10H2,1-2H3. The largest absolute Gasteiger partial charge is 0.314 e. The Morgan fingerprint density at radius 1 is 1.47 bits per heavy atom. The summed E-state index contributed by atoms with van der Waals surface area (Å²) in [6, 6.07) is 3.00. The van der Waals surface area contributed by atoms with Gasteiger partial charge in [-0.3, -0.25) is 0 Å². The van der Waals surface area contributed by atoms with Gasteiger partial charge in [0.2, 0.25) is 0 Å². The SMILES string of the molecule is Cc1ccsc1CCN(C)CCC1CCCN1. The van der Waals surface area contributed by atoms with E-state index in [1.54, 1.807) is 4.88 Å². The van der Waals surface area contributed by atoms with Crippen molar-refractivity contribution in [1.29, 1.82) is 0 Å². The highest BCUT2D eigenvalue weighted by molar-refractivity contribution is 7.10. The molecule has 1 aliphatic heterocycles. The molecule has 0 aromatic carbocycles. The number of aryl methyl sites for hydroxylation is 1. The van der Waals surface area contributed by atoms with E-state index in [1.807, 2.05) is 11.3 Å². The fourth-order valence-corrected chi connectivity index (χ4v) is 3.34. The molecule has 17 heavy (non-hydrogen) atoms. The molecule has 1 aromatic rings. The van der Waals surface area contributed by atoms with Crippen LogP contribution in [0.3, 0.4) is 0 Å². The second-order valence-electron chi connectivity index (χ2n) is 5.16. The predicted octanol–water partition coefficient (Wildman–Crippen LogP) is 2.67. The van der Waals surface area contributed by atoms with Gasteiger partial charge in [-0.05, 0) is 69.8 Å². The Labute approximate surface area is 109 Å². The Hall–Kier alpha value is -0.380. The maximum atomic E-state index is 3.57. The number of nitrogens with one attached hydrogen (secondary N) is 1. The fraction of sp³-hybridized carbons (Fsp3) is 0.714. The van der Waals surface area contributed by atoms with Crippen molar-refractivity contribution >= 4 is 11.3 Å². The van der Waals surface area contributed by atoms with Gasteiger partial charge in [-0.25, -0.2) is 0 Å². The lowest BCUT2D eigenvalue weighted by molar-refractivity contribution is 0.317. The van der Waals surface area contributed by atoms with Crippen molar-refractivity contribution in [1.82, 2.24) is 10.2 Å². The zero-order valence-corrected chi connectivity index (χ0v) is 11.9. The van der Waals surface area contributed by atoms with Crippen LogP contribution in [0, 0.1) is 6.92 Å². The van der Waals surface area contributed by atoms with Crippen LogP contribution < -0.4 is 5.32 Å². The van der Waals surface area contributed by atoms with Crippen molar-refractivity contribution in [3.8, 4) is 0 Å². The Morgan fingerprint density at radius 3 is 3.00 bits per heavy atom. The second-order valence-corrected chi connectivity index (χ2v) is 6.16. The molecule has 1 fully saturated rings. The molecule has 1 atom stereocenters. The van der Waals surface area contributed by atoms with E-state index in [2.05, 4.69) is 35.6 Å². The van der Waals surface area contributed by atoms with Crippen LogP contribution in [-0.4, -0.2) is 37.6 Å². The summed E-state index contributed by atoms with van der Waals surface area (Å²) in [4.78, 5) is 4.02. The van der Waals surface area contributed by atoms with Gasteiger partial charge < -0.3 is 10.2 Å². The molecule has 1 saturated heterocycles. The molecule has 3 heteroatoms. The van der Waals surface area contributed by atoms with E-state index in [0.717, 1.165) is 6.04 Å². The minimum atomic E-state index is 0.779. The summed E-state index contributed by atoms with van der Waals surface area (Å²) >= 11 is 1.90. The summed E-state index contributed by atoms with van der Waals surface area (Å²) in [7, 11) is 2.25. The summed E-state index contributed by atoms with van der Waals surface area (Å²) in [6.07, 6.45) is 5.25. The maximum Gasteiger partial charge on any atom is 0.00871 e. The van der Waals surface area contributed by atoms with Gasteiger partial charge in [0.15, 0.2) is 0 Å². The van der Waals surface area contributed by atoms with Gasteiger partial charge in [0.1, 0.15) is 0 Å². The van der Waals surface area contributed by atoms with Crippen LogP contribution in [0.1, 0.15) is 29.7 Å². The van der Waals surface area contributed by atoms with E-state index in [9.17, 15) is 0 Å². The van der Waals surface area contributed by atoms with Gasteiger partial charge in [-0.1, -0.05) is 0 Å². The van der Waals surface area contributed by atoms with Gasteiger partial charge in [0.25, 0.3) is 0 Å². The Morgan fingerprint density at radius 2 is 2.35 bits per heavy atom. The predicted molar refractivity (Wildman–Crippen MR) is 75.9 cm³/mol. The number of nitrogens with zero attached hydrogens (tertiary/aromatic N) is 1. The van der Waals surface area contributed by atoms with Crippen LogP contribution in [-0.2, 0) is 6.42 Å². The zero-order valence-electron chi connectivity index (χ0n) is 11.0. The van der Waals surface area contributed by atoms with Gasteiger partial charge in [0.05, 0.1) is 0 Å². The molecule has 1 aliphatic rings. The smallest absolute Gasteiger partial charge is 0.00871 e. The lowest BCUT2D eigenvalue weighted by Crippen LogP contribution is -2.29. The van der Waals surface area contributed by atoms with E-state index in [1.165, 1.54) is 50.9 Å². The van der Waals surface area contributed by atoms with Crippen LogP contribution in [0.2, 0.25) is 0 Å². The number of likely N-dealkylation sites (N-methyl/N-ethyl adjacent to an activating group) is 1. The lowest BCUT2D eigenvalue weighted by atomic mass is 10.1. The molecule has 2 heterocycles. The van der Waals surface area contributed by atoms with Crippen LogP contribution in [0.5, 0.6) is 0 Å². The zero-order chi connectivity index (χ0) is 12.1. The van der Waals surface area contributed by atoms with Crippen LogP contribution >= 0.6 is 11.3 Å². The Bertz CT molecular complexity index is 329. The van der Waals surface area contributed by atoms with Crippen molar-refractivity contribution in [2.24, 2.45) is 0 Å². The highest BCUT2D eigenvalue weighted by Crippen LogP contribution is 2.16. The molecule has 96 valence electrons. The summed E-state index contributed by atoms with van der Waals surface area (Å²) in [6.45, 7) is 5.85.